The monoisotopic (exact) mass is 313 g/mol. The van der Waals surface area contributed by atoms with Gasteiger partial charge in [0.15, 0.2) is 11.5 Å². The molecule has 0 aromatic heterocycles. The van der Waals surface area contributed by atoms with Crippen molar-refractivity contribution in [1.29, 1.82) is 0 Å². The molecular formula is C16H24ClNO3. The maximum Gasteiger partial charge on any atom is 0.162 e. The fourth-order valence-corrected chi connectivity index (χ4v) is 2.95. The van der Waals surface area contributed by atoms with Crippen LogP contribution < -0.4 is 15.2 Å². The van der Waals surface area contributed by atoms with Gasteiger partial charge in [-0.25, -0.2) is 0 Å². The lowest BCUT2D eigenvalue weighted by atomic mass is 9.87. The van der Waals surface area contributed by atoms with E-state index in [-0.39, 0.29) is 6.04 Å². The largest absolute Gasteiger partial charge is 0.490 e. The highest BCUT2D eigenvalue weighted by atomic mass is 35.5. The van der Waals surface area contributed by atoms with Crippen LogP contribution in [-0.4, -0.2) is 26.4 Å². The number of halogens is 1. The quantitative estimate of drug-likeness (QED) is 0.872. The maximum atomic E-state index is 6.42. The molecule has 2 rings (SSSR count). The van der Waals surface area contributed by atoms with Gasteiger partial charge in [-0.2, -0.15) is 0 Å². The van der Waals surface area contributed by atoms with Crippen LogP contribution in [0.3, 0.4) is 0 Å². The smallest absolute Gasteiger partial charge is 0.162 e. The van der Waals surface area contributed by atoms with Crippen molar-refractivity contribution in [2.75, 3.05) is 26.4 Å². The number of hydrogen-bond acceptors (Lipinski definition) is 4. The average Bonchev–Trinajstić information content (AvgIpc) is 2.50. The minimum atomic E-state index is -0.101. The molecule has 1 aliphatic rings. The Morgan fingerprint density at radius 3 is 2.33 bits per heavy atom. The van der Waals surface area contributed by atoms with Gasteiger partial charge in [-0.05, 0) is 44.2 Å². The SMILES string of the molecule is CCOc1cc(Cl)c(C(N)C2CCOCC2)cc1OCC. The van der Waals surface area contributed by atoms with Crippen molar-refractivity contribution >= 4 is 11.6 Å². The van der Waals surface area contributed by atoms with Crippen molar-refractivity contribution in [3.05, 3.63) is 22.7 Å². The van der Waals surface area contributed by atoms with Crippen molar-refractivity contribution in [2.45, 2.75) is 32.7 Å². The third-order valence-corrected chi connectivity index (χ3v) is 4.12. The first-order valence-electron chi connectivity index (χ1n) is 7.59. The molecule has 1 fully saturated rings. The fourth-order valence-electron chi connectivity index (χ4n) is 2.67. The normalized spacial score (nSPS) is 17.5. The fraction of sp³-hybridized carbons (Fsp3) is 0.625. The van der Waals surface area contributed by atoms with E-state index in [1.54, 1.807) is 0 Å². The standard InChI is InChI=1S/C16H24ClNO3/c1-3-20-14-9-12(13(17)10-15(14)21-4-2)16(18)11-5-7-19-8-6-11/h9-11,16H,3-8,18H2,1-2H3. The summed E-state index contributed by atoms with van der Waals surface area (Å²) in [5, 5.41) is 0.640. The molecule has 0 saturated carbocycles. The molecule has 0 aliphatic carbocycles. The summed E-state index contributed by atoms with van der Waals surface area (Å²) in [6, 6.07) is 3.64. The summed E-state index contributed by atoms with van der Waals surface area (Å²) in [4.78, 5) is 0. The van der Waals surface area contributed by atoms with Gasteiger partial charge in [-0.1, -0.05) is 11.6 Å². The molecule has 4 nitrogen and oxygen atoms in total. The first kappa shape index (κ1) is 16.4. The van der Waals surface area contributed by atoms with Gasteiger partial charge in [-0.3, -0.25) is 0 Å². The van der Waals surface area contributed by atoms with Crippen molar-refractivity contribution < 1.29 is 14.2 Å². The van der Waals surface area contributed by atoms with E-state index >= 15 is 0 Å². The maximum absolute atomic E-state index is 6.42. The number of hydrogen-bond donors (Lipinski definition) is 1. The molecule has 1 aliphatic heterocycles. The zero-order valence-electron chi connectivity index (χ0n) is 12.7. The first-order chi connectivity index (χ1) is 10.2. The molecule has 118 valence electrons. The Kier molecular flexibility index (Phi) is 6.15. The van der Waals surface area contributed by atoms with Gasteiger partial charge in [-0.15, -0.1) is 0 Å². The van der Waals surface area contributed by atoms with Crippen LogP contribution in [0.5, 0.6) is 11.5 Å². The molecular weight excluding hydrogens is 290 g/mol. The minimum Gasteiger partial charge on any atom is -0.490 e. The lowest BCUT2D eigenvalue weighted by Gasteiger charge is -2.29. The molecule has 1 atom stereocenters. The highest BCUT2D eigenvalue weighted by molar-refractivity contribution is 6.31. The Hall–Kier alpha value is -0.970. The topological polar surface area (TPSA) is 53.7 Å². The number of ether oxygens (including phenoxy) is 3. The summed E-state index contributed by atoms with van der Waals surface area (Å²) >= 11 is 6.40. The van der Waals surface area contributed by atoms with Crippen LogP contribution in [0.1, 0.15) is 38.3 Å². The minimum absolute atomic E-state index is 0.101. The Morgan fingerprint density at radius 1 is 1.19 bits per heavy atom. The van der Waals surface area contributed by atoms with Gasteiger partial charge in [0.25, 0.3) is 0 Å². The average molecular weight is 314 g/mol. The summed E-state index contributed by atoms with van der Waals surface area (Å²) in [7, 11) is 0. The molecule has 2 N–H and O–H groups in total. The van der Waals surface area contributed by atoms with E-state index in [1.807, 2.05) is 26.0 Å². The van der Waals surface area contributed by atoms with Crippen molar-refractivity contribution in [1.82, 2.24) is 0 Å². The van der Waals surface area contributed by atoms with Crippen LogP contribution in [0.25, 0.3) is 0 Å². The van der Waals surface area contributed by atoms with Crippen LogP contribution in [0.15, 0.2) is 12.1 Å². The Labute approximate surface area is 131 Å². The van der Waals surface area contributed by atoms with Gasteiger partial charge < -0.3 is 19.9 Å². The van der Waals surface area contributed by atoms with Crippen LogP contribution in [-0.2, 0) is 4.74 Å². The number of nitrogens with two attached hydrogens (primary N) is 1. The summed E-state index contributed by atoms with van der Waals surface area (Å²) in [6.07, 6.45) is 1.93. The molecule has 0 amide bonds. The Morgan fingerprint density at radius 2 is 1.76 bits per heavy atom. The van der Waals surface area contributed by atoms with Gasteiger partial charge >= 0.3 is 0 Å². The van der Waals surface area contributed by atoms with E-state index < -0.39 is 0 Å². The molecule has 1 unspecified atom stereocenters. The second-order valence-corrected chi connectivity index (χ2v) is 5.57. The van der Waals surface area contributed by atoms with Crippen LogP contribution in [0.4, 0.5) is 0 Å². The highest BCUT2D eigenvalue weighted by Crippen LogP contribution is 2.39. The summed E-state index contributed by atoms with van der Waals surface area (Å²) in [5.41, 5.74) is 7.35. The molecule has 21 heavy (non-hydrogen) atoms. The molecule has 0 radical (unpaired) electrons. The van der Waals surface area contributed by atoms with Gasteiger partial charge in [0, 0.05) is 30.3 Å². The highest BCUT2D eigenvalue weighted by Gasteiger charge is 2.25. The second-order valence-electron chi connectivity index (χ2n) is 5.16. The van der Waals surface area contributed by atoms with Crippen LogP contribution in [0.2, 0.25) is 5.02 Å². The van der Waals surface area contributed by atoms with Crippen molar-refractivity contribution in [2.24, 2.45) is 11.7 Å². The first-order valence-corrected chi connectivity index (χ1v) is 7.97. The molecule has 1 heterocycles. The Bertz CT molecular complexity index is 461. The van der Waals surface area contributed by atoms with Crippen molar-refractivity contribution in [3.63, 3.8) is 0 Å². The van der Waals surface area contributed by atoms with E-state index in [0.717, 1.165) is 31.6 Å². The molecule has 1 aromatic rings. The predicted octanol–water partition coefficient (Wildman–Crippen LogP) is 3.56. The molecule has 5 heteroatoms. The third-order valence-electron chi connectivity index (χ3n) is 3.80. The zero-order chi connectivity index (χ0) is 15.2. The van der Waals surface area contributed by atoms with Crippen molar-refractivity contribution in [3.8, 4) is 11.5 Å². The lowest BCUT2D eigenvalue weighted by molar-refractivity contribution is 0.0583. The van der Waals surface area contributed by atoms with Crippen LogP contribution in [0, 0.1) is 5.92 Å². The third kappa shape index (κ3) is 4.02. The summed E-state index contributed by atoms with van der Waals surface area (Å²) in [6.45, 7) is 6.57. The zero-order valence-corrected chi connectivity index (χ0v) is 13.5. The van der Waals surface area contributed by atoms with Gasteiger partial charge in [0.1, 0.15) is 0 Å². The van der Waals surface area contributed by atoms with Gasteiger partial charge in [0.05, 0.1) is 13.2 Å². The summed E-state index contributed by atoms with van der Waals surface area (Å²) in [5.74, 6) is 1.78. The molecule has 1 saturated heterocycles. The van der Waals surface area contributed by atoms with E-state index in [4.69, 9.17) is 31.5 Å². The Balaban J connectivity index is 2.27. The van der Waals surface area contributed by atoms with E-state index in [1.165, 1.54) is 0 Å². The van der Waals surface area contributed by atoms with E-state index in [9.17, 15) is 0 Å². The lowest BCUT2D eigenvalue weighted by Crippen LogP contribution is -2.27. The second kappa shape index (κ2) is 7.87. The summed E-state index contributed by atoms with van der Waals surface area (Å²) < 4.78 is 16.6. The predicted molar refractivity (Wildman–Crippen MR) is 84.3 cm³/mol. The van der Waals surface area contributed by atoms with E-state index in [2.05, 4.69) is 0 Å². The molecule has 0 bridgehead atoms. The number of benzene rings is 1. The molecule has 1 aromatic carbocycles. The van der Waals surface area contributed by atoms with Crippen LogP contribution >= 0.6 is 11.6 Å². The number of rotatable bonds is 6. The van der Waals surface area contributed by atoms with Gasteiger partial charge in [0.2, 0.25) is 0 Å². The molecule has 0 spiro atoms. The van der Waals surface area contributed by atoms with E-state index in [0.29, 0.717) is 35.7 Å².